The lowest BCUT2D eigenvalue weighted by Crippen LogP contribution is -2.47. The van der Waals surface area contributed by atoms with E-state index in [1.165, 1.54) is 0 Å². The highest BCUT2D eigenvalue weighted by Crippen LogP contribution is 2.20. The zero-order valence-corrected chi connectivity index (χ0v) is 11.0. The molecule has 1 N–H and O–H groups in total. The molecule has 0 aliphatic carbocycles. The first-order chi connectivity index (χ1) is 7.31. The van der Waals surface area contributed by atoms with Crippen molar-refractivity contribution in [2.24, 2.45) is 5.92 Å². The molecule has 0 radical (unpaired) electrons. The highest BCUT2D eigenvalue weighted by atomic mass is 35.5. The molecule has 0 aromatic rings. The van der Waals surface area contributed by atoms with Crippen molar-refractivity contribution in [3.8, 4) is 0 Å². The van der Waals surface area contributed by atoms with E-state index in [1.807, 2.05) is 11.0 Å². The molecule has 2 rings (SSSR count). The van der Waals surface area contributed by atoms with Crippen molar-refractivity contribution < 1.29 is 4.79 Å². The van der Waals surface area contributed by atoms with Crippen LogP contribution in [0.15, 0.2) is 12.7 Å². The summed E-state index contributed by atoms with van der Waals surface area (Å²) < 4.78 is 0. The average Bonchev–Trinajstić information content (AvgIpc) is 2.82. The summed E-state index contributed by atoms with van der Waals surface area (Å²) in [4.78, 5) is 14.0. The SMILES string of the molecule is C=CC1CCN(C(=O)C2CSCN2)CC1.Cl. The maximum Gasteiger partial charge on any atom is 0.240 e. The fourth-order valence-electron chi connectivity index (χ4n) is 2.13. The van der Waals surface area contributed by atoms with Crippen molar-refractivity contribution in [2.45, 2.75) is 18.9 Å². The van der Waals surface area contributed by atoms with Crippen LogP contribution in [0.3, 0.4) is 0 Å². The molecule has 16 heavy (non-hydrogen) atoms. The quantitative estimate of drug-likeness (QED) is 0.766. The number of hydrogen-bond donors (Lipinski definition) is 1. The minimum Gasteiger partial charge on any atom is -0.341 e. The fraction of sp³-hybridized carbons (Fsp3) is 0.727. The van der Waals surface area contributed by atoms with Gasteiger partial charge in [-0.05, 0) is 18.8 Å². The van der Waals surface area contributed by atoms with Crippen LogP contribution in [0.5, 0.6) is 0 Å². The average molecular weight is 263 g/mol. The summed E-state index contributed by atoms with van der Waals surface area (Å²) in [6.45, 7) is 5.61. The fourth-order valence-corrected chi connectivity index (χ4v) is 3.06. The minimum absolute atomic E-state index is 0. The van der Waals surface area contributed by atoms with Gasteiger partial charge in [-0.25, -0.2) is 0 Å². The molecule has 5 heteroatoms. The van der Waals surface area contributed by atoms with Crippen molar-refractivity contribution in [1.29, 1.82) is 0 Å². The topological polar surface area (TPSA) is 32.3 Å². The number of hydrogen-bond acceptors (Lipinski definition) is 3. The molecule has 0 bridgehead atoms. The smallest absolute Gasteiger partial charge is 0.240 e. The Balaban J connectivity index is 0.00000128. The largest absolute Gasteiger partial charge is 0.341 e. The Labute approximate surface area is 107 Å². The van der Waals surface area contributed by atoms with Gasteiger partial charge in [0.25, 0.3) is 0 Å². The van der Waals surface area contributed by atoms with Crippen LogP contribution < -0.4 is 5.32 Å². The third-order valence-electron chi connectivity index (χ3n) is 3.20. The Morgan fingerprint density at radius 1 is 1.44 bits per heavy atom. The van der Waals surface area contributed by atoms with Crippen LogP contribution in [0.2, 0.25) is 0 Å². The zero-order chi connectivity index (χ0) is 10.7. The summed E-state index contributed by atoms with van der Waals surface area (Å²) in [6.07, 6.45) is 4.18. The molecule has 2 aliphatic rings. The number of allylic oxidation sites excluding steroid dienone is 1. The second-order valence-electron chi connectivity index (χ2n) is 4.17. The number of rotatable bonds is 2. The van der Waals surface area contributed by atoms with Gasteiger partial charge in [-0.3, -0.25) is 10.1 Å². The number of halogens is 1. The predicted octanol–water partition coefficient (Wildman–Crippen LogP) is 1.50. The Kier molecular flexibility index (Phi) is 5.66. The Bertz CT molecular complexity index is 248. The third kappa shape index (κ3) is 3.15. The number of nitrogens with zero attached hydrogens (tertiary/aromatic N) is 1. The van der Waals surface area contributed by atoms with Crippen LogP contribution in [0.4, 0.5) is 0 Å². The maximum atomic E-state index is 12.0. The Morgan fingerprint density at radius 3 is 2.62 bits per heavy atom. The molecule has 1 atom stereocenters. The van der Waals surface area contributed by atoms with Gasteiger partial charge in [0.2, 0.25) is 5.91 Å². The van der Waals surface area contributed by atoms with Gasteiger partial charge in [0, 0.05) is 24.7 Å². The molecule has 1 amide bonds. The summed E-state index contributed by atoms with van der Waals surface area (Å²) in [7, 11) is 0. The molecule has 3 nitrogen and oxygen atoms in total. The van der Waals surface area contributed by atoms with Crippen molar-refractivity contribution in [2.75, 3.05) is 24.7 Å². The number of thioether (sulfide) groups is 1. The number of nitrogens with one attached hydrogen (secondary N) is 1. The van der Waals surface area contributed by atoms with Crippen LogP contribution in [-0.2, 0) is 4.79 Å². The van der Waals surface area contributed by atoms with Crippen LogP contribution >= 0.6 is 24.2 Å². The second-order valence-corrected chi connectivity index (χ2v) is 5.20. The number of carbonyl (C=O) groups excluding carboxylic acids is 1. The van der Waals surface area contributed by atoms with Crippen LogP contribution in [-0.4, -0.2) is 41.6 Å². The van der Waals surface area contributed by atoms with E-state index in [0.717, 1.165) is 37.6 Å². The molecule has 0 aromatic heterocycles. The number of amides is 1. The van der Waals surface area contributed by atoms with E-state index in [1.54, 1.807) is 11.8 Å². The van der Waals surface area contributed by atoms with Crippen LogP contribution in [0.25, 0.3) is 0 Å². The third-order valence-corrected chi connectivity index (χ3v) is 4.14. The number of carbonyl (C=O) groups is 1. The molecular formula is C11H19ClN2OS. The first-order valence-corrected chi connectivity index (χ1v) is 6.69. The van der Waals surface area contributed by atoms with Crippen molar-refractivity contribution in [3.05, 3.63) is 12.7 Å². The van der Waals surface area contributed by atoms with E-state index in [0.29, 0.717) is 11.8 Å². The predicted molar refractivity (Wildman–Crippen MR) is 71.0 cm³/mol. The number of likely N-dealkylation sites (tertiary alicyclic amines) is 1. The van der Waals surface area contributed by atoms with Crippen molar-refractivity contribution in [1.82, 2.24) is 10.2 Å². The lowest BCUT2D eigenvalue weighted by molar-refractivity contribution is -0.133. The summed E-state index contributed by atoms with van der Waals surface area (Å²) in [6, 6.07) is 0.0651. The van der Waals surface area contributed by atoms with Gasteiger partial charge in [0.05, 0.1) is 6.04 Å². The van der Waals surface area contributed by atoms with Crippen molar-refractivity contribution >= 4 is 30.1 Å². The van der Waals surface area contributed by atoms with E-state index in [2.05, 4.69) is 11.9 Å². The molecular weight excluding hydrogens is 244 g/mol. The van der Waals surface area contributed by atoms with Gasteiger partial charge in [-0.15, -0.1) is 30.7 Å². The molecule has 1 unspecified atom stereocenters. The highest BCUT2D eigenvalue weighted by Gasteiger charge is 2.29. The highest BCUT2D eigenvalue weighted by molar-refractivity contribution is 7.99. The van der Waals surface area contributed by atoms with Gasteiger partial charge in [0.1, 0.15) is 0 Å². The summed E-state index contributed by atoms with van der Waals surface area (Å²) in [5.74, 6) is 2.75. The van der Waals surface area contributed by atoms with Gasteiger partial charge < -0.3 is 4.90 Å². The molecule has 2 heterocycles. The Hall–Kier alpha value is -0.190. The first kappa shape index (κ1) is 13.9. The van der Waals surface area contributed by atoms with E-state index < -0.39 is 0 Å². The molecule has 2 fully saturated rings. The molecule has 0 aromatic carbocycles. The monoisotopic (exact) mass is 262 g/mol. The van der Waals surface area contributed by atoms with Gasteiger partial charge in [0.15, 0.2) is 0 Å². The van der Waals surface area contributed by atoms with Gasteiger partial charge >= 0.3 is 0 Å². The normalized spacial score (nSPS) is 26.2. The molecule has 0 saturated carbocycles. The molecule has 0 spiro atoms. The lowest BCUT2D eigenvalue weighted by atomic mass is 9.97. The lowest BCUT2D eigenvalue weighted by Gasteiger charge is -2.32. The number of piperidine rings is 1. The Morgan fingerprint density at radius 2 is 2.12 bits per heavy atom. The minimum atomic E-state index is 0. The second kappa shape index (κ2) is 6.52. The standard InChI is InChI=1S/C11H18N2OS.ClH/c1-2-9-3-5-13(6-4-9)11(14)10-7-15-8-12-10;/h2,9-10,12H,1,3-8H2;1H. The maximum absolute atomic E-state index is 12.0. The summed E-state index contributed by atoms with van der Waals surface area (Å²) in [5.41, 5.74) is 0. The van der Waals surface area contributed by atoms with Gasteiger partial charge in [-0.2, -0.15) is 0 Å². The van der Waals surface area contributed by atoms with E-state index >= 15 is 0 Å². The summed E-state index contributed by atoms with van der Waals surface area (Å²) >= 11 is 1.80. The molecule has 2 saturated heterocycles. The van der Waals surface area contributed by atoms with E-state index in [-0.39, 0.29) is 18.4 Å². The zero-order valence-electron chi connectivity index (χ0n) is 9.35. The first-order valence-electron chi connectivity index (χ1n) is 5.53. The van der Waals surface area contributed by atoms with E-state index in [9.17, 15) is 4.79 Å². The van der Waals surface area contributed by atoms with Crippen LogP contribution in [0, 0.1) is 5.92 Å². The van der Waals surface area contributed by atoms with Crippen LogP contribution in [0.1, 0.15) is 12.8 Å². The molecule has 92 valence electrons. The van der Waals surface area contributed by atoms with Crippen molar-refractivity contribution in [3.63, 3.8) is 0 Å². The molecule has 2 aliphatic heterocycles. The summed E-state index contributed by atoms with van der Waals surface area (Å²) in [5, 5.41) is 3.23. The van der Waals surface area contributed by atoms with Gasteiger partial charge in [-0.1, -0.05) is 6.08 Å². The van der Waals surface area contributed by atoms with E-state index in [4.69, 9.17) is 0 Å².